The summed E-state index contributed by atoms with van der Waals surface area (Å²) < 4.78 is 6.04. The molecule has 0 radical (unpaired) electrons. The van der Waals surface area contributed by atoms with Crippen molar-refractivity contribution >= 4 is 0 Å². The normalized spacial score (nSPS) is 25.2. The molecule has 2 aliphatic rings. The summed E-state index contributed by atoms with van der Waals surface area (Å²) in [7, 11) is 0. The Hall–Kier alpha value is -1.44. The van der Waals surface area contributed by atoms with E-state index in [-0.39, 0.29) is 11.2 Å². The van der Waals surface area contributed by atoms with Crippen LogP contribution in [0.25, 0.3) is 0 Å². The van der Waals surface area contributed by atoms with Gasteiger partial charge < -0.3 is 9.84 Å². The highest BCUT2D eigenvalue weighted by Gasteiger charge is 2.38. The minimum Gasteiger partial charge on any atom is -0.508 e. The maximum atomic E-state index is 9.61. The molecular formula is C16H20O2. The van der Waals surface area contributed by atoms with Crippen molar-refractivity contribution in [3.63, 3.8) is 0 Å². The Labute approximate surface area is 108 Å². The molecule has 1 aromatic rings. The van der Waals surface area contributed by atoms with E-state index >= 15 is 0 Å². The molecule has 1 atom stereocenters. The average molecular weight is 244 g/mol. The first kappa shape index (κ1) is 11.6. The molecule has 0 saturated carbocycles. The van der Waals surface area contributed by atoms with Crippen molar-refractivity contribution in [3.05, 3.63) is 35.1 Å². The lowest BCUT2D eigenvalue weighted by Crippen LogP contribution is -2.31. The SMILES string of the molecule is CC1CCC2=C(C1)Oc1cc(O)ccc1C2(C)C. The third-order valence-electron chi connectivity index (χ3n) is 4.38. The lowest BCUT2D eigenvalue weighted by atomic mass is 9.70. The molecule has 0 fully saturated rings. The van der Waals surface area contributed by atoms with Crippen molar-refractivity contribution in [1.29, 1.82) is 0 Å². The highest BCUT2D eigenvalue weighted by molar-refractivity contribution is 5.52. The van der Waals surface area contributed by atoms with Crippen LogP contribution >= 0.6 is 0 Å². The lowest BCUT2D eigenvalue weighted by molar-refractivity contribution is 0.290. The summed E-state index contributed by atoms with van der Waals surface area (Å²) in [6, 6.07) is 5.48. The van der Waals surface area contributed by atoms with Gasteiger partial charge >= 0.3 is 0 Å². The topological polar surface area (TPSA) is 29.5 Å². The van der Waals surface area contributed by atoms with Gasteiger partial charge in [-0.3, -0.25) is 0 Å². The number of hydrogen-bond acceptors (Lipinski definition) is 2. The van der Waals surface area contributed by atoms with Crippen LogP contribution in [0.4, 0.5) is 0 Å². The van der Waals surface area contributed by atoms with E-state index in [9.17, 15) is 5.11 Å². The molecule has 2 heteroatoms. The van der Waals surface area contributed by atoms with Gasteiger partial charge in [0.25, 0.3) is 0 Å². The first-order chi connectivity index (χ1) is 8.48. The van der Waals surface area contributed by atoms with E-state index in [0.717, 1.165) is 24.4 Å². The molecule has 0 aromatic heterocycles. The van der Waals surface area contributed by atoms with Gasteiger partial charge in [-0.2, -0.15) is 0 Å². The minimum atomic E-state index is 0.0246. The maximum absolute atomic E-state index is 9.61. The van der Waals surface area contributed by atoms with E-state index in [2.05, 4.69) is 20.8 Å². The maximum Gasteiger partial charge on any atom is 0.134 e. The lowest BCUT2D eigenvalue weighted by Gasteiger charge is -2.40. The molecule has 0 amide bonds. The van der Waals surface area contributed by atoms with Gasteiger partial charge in [0.1, 0.15) is 17.3 Å². The molecule has 3 rings (SSSR count). The Morgan fingerprint density at radius 2 is 2.11 bits per heavy atom. The van der Waals surface area contributed by atoms with Crippen molar-refractivity contribution < 1.29 is 9.84 Å². The number of aromatic hydroxyl groups is 1. The molecule has 1 aliphatic carbocycles. The molecule has 0 bridgehead atoms. The summed E-state index contributed by atoms with van der Waals surface area (Å²) in [6.45, 7) is 6.80. The van der Waals surface area contributed by atoms with E-state index in [4.69, 9.17) is 4.74 Å². The summed E-state index contributed by atoms with van der Waals surface area (Å²) in [4.78, 5) is 0. The first-order valence-electron chi connectivity index (χ1n) is 6.72. The summed E-state index contributed by atoms with van der Waals surface area (Å²) in [5, 5.41) is 9.61. The molecule has 1 unspecified atom stereocenters. The summed E-state index contributed by atoms with van der Waals surface area (Å²) in [5.41, 5.74) is 2.66. The molecule has 0 spiro atoms. The third kappa shape index (κ3) is 1.63. The van der Waals surface area contributed by atoms with E-state index in [1.807, 2.05) is 6.07 Å². The number of allylic oxidation sites excluding steroid dienone is 2. The average Bonchev–Trinajstić information content (AvgIpc) is 2.27. The van der Waals surface area contributed by atoms with E-state index in [1.54, 1.807) is 12.1 Å². The van der Waals surface area contributed by atoms with Gasteiger partial charge in [0, 0.05) is 23.5 Å². The van der Waals surface area contributed by atoms with Crippen molar-refractivity contribution in [2.24, 2.45) is 5.92 Å². The molecule has 1 aliphatic heterocycles. The van der Waals surface area contributed by atoms with Gasteiger partial charge in [0.2, 0.25) is 0 Å². The zero-order valence-corrected chi connectivity index (χ0v) is 11.3. The quantitative estimate of drug-likeness (QED) is 0.743. The Morgan fingerprint density at radius 3 is 2.89 bits per heavy atom. The number of ether oxygens (including phenoxy) is 1. The predicted octanol–water partition coefficient (Wildman–Crippen LogP) is 4.14. The van der Waals surface area contributed by atoms with Gasteiger partial charge in [-0.15, -0.1) is 0 Å². The van der Waals surface area contributed by atoms with Crippen LogP contribution in [0.2, 0.25) is 0 Å². The number of phenols is 1. The highest BCUT2D eigenvalue weighted by atomic mass is 16.5. The van der Waals surface area contributed by atoms with Gasteiger partial charge in [0.05, 0.1) is 0 Å². The van der Waals surface area contributed by atoms with Crippen LogP contribution in [-0.2, 0) is 5.41 Å². The van der Waals surface area contributed by atoms with Crippen LogP contribution in [0.15, 0.2) is 29.5 Å². The molecule has 96 valence electrons. The van der Waals surface area contributed by atoms with Crippen molar-refractivity contribution in [3.8, 4) is 11.5 Å². The minimum absolute atomic E-state index is 0.0246. The number of fused-ring (bicyclic) bond motifs is 1. The van der Waals surface area contributed by atoms with Crippen LogP contribution in [0.1, 0.15) is 45.6 Å². The monoisotopic (exact) mass is 244 g/mol. The van der Waals surface area contributed by atoms with Gasteiger partial charge in [-0.05, 0) is 30.4 Å². The summed E-state index contributed by atoms with van der Waals surface area (Å²) in [5.74, 6) is 2.93. The third-order valence-corrected chi connectivity index (χ3v) is 4.38. The fraction of sp³-hybridized carbons (Fsp3) is 0.500. The van der Waals surface area contributed by atoms with E-state index in [1.165, 1.54) is 17.6 Å². The molecule has 1 heterocycles. The zero-order chi connectivity index (χ0) is 12.9. The molecule has 0 saturated heterocycles. The molecule has 2 nitrogen and oxygen atoms in total. The van der Waals surface area contributed by atoms with Crippen LogP contribution in [0, 0.1) is 5.92 Å². The van der Waals surface area contributed by atoms with Crippen LogP contribution < -0.4 is 4.74 Å². The Morgan fingerprint density at radius 1 is 1.33 bits per heavy atom. The smallest absolute Gasteiger partial charge is 0.134 e. The molecule has 18 heavy (non-hydrogen) atoms. The van der Waals surface area contributed by atoms with E-state index < -0.39 is 0 Å². The van der Waals surface area contributed by atoms with Crippen LogP contribution in [-0.4, -0.2) is 5.11 Å². The number of benzene rings is 1. The predicted molar refractivity (Wildman–Crippen MR) is 71.8 cm³/mol. The number of rotatable bonds is 0. The van der Waals surface area contributed by atoms with Crippen LogP contribution in [0.5, 0.6) is 11.5 Å². The second-order valence-electron chi connectivity index (χ2n) is 6.16. The summed E-state index contributed by atoms with van der Waals surface area (Å²) >= 11 is 0. The standard InChI is InChI=1S/C16H20O2/c1-10-4-6-12-14(8-10)18-15-9-11(17)5-7-13(15)16(12,2)3/h5,7,9-10,17H,4,6,8H2,1-3H3. The Kier molecular flexibility index (Phi) is 2.44. The second-order valence-corrected chi connectivity index (χ2v) is 6.16. The molecule has 1 N–H and O–H groups in total. The molecular weight excluding hydrogens is 224 g/mol. The fourth-order valence-corrected chi connectivity index (χ4v) is 3.24. The van der Waals surface area contributed by atoms with Gasteiger partial charge in [-0.25, -0.2) is 0 Å². The van der Waals surface area contributed by atoms with Gasteiger partial charge in [0.15, 0.2) is 0 Å². The Balaban J connectivity index is 2.12. The van der Waals surface area contributed by atoms with Crippen molar-refractivity contribution in [2.45, 2.75) is 45.4 Å². The van der Waals surface area contributed by atoms with Crippen LogP contribution in [0.3, 0.4) is 0 Å². The zero-order valence-electron chi connectivity index (χ0n) is 11.3. The molecule has 1 aromatic carbocycles. The Bertz CT molecular complexity index is 526. The number of phenolic OH excluding ortho intramolecular Hbond substituents is 1. The summed E-state index contributed by atoms with van der Waals surface area (Å²) in [6.07, 6.45) is 3.40. The van der Waals surface area contributed by atoms with E-state index in [0.29, 0.717) is 5.92 Å². The van der Waals surface area contributed by atoms with Crippen molar-refractivity contribution in [1.82, 2.24) is 0 Å². The van der Waals surface area contributed by atoms with Crippen molar-refractivity contribution in [2.75, 3.05) is 0 Å². The van der Waals surface area contributed by atoms with Gasteiger partial charge in [-0.1, -0.05) is 26.8 Å². The fourth-order valence-electron chi connectivity index (χ4n) is 3.24. The largest absolute Gasteiger partial charge is 0.508 e. The first-order valence-corrected chi connectivity index (χ1v) is 6.72. The second kappa shape index (κ2) is 3.78. The number of hydrogen-bond donors (Lipinski definition) is 1. The highest BCUT2D eigenvalue weighted by Crippen LogP contribution is 2.49.